The Kier molecular flexibility index (Phi) is 3.64. The monoisotopic (exact) mass is 353 g/mol. The van der Waals surface area contributed by atoms with Crippen LogP contribution >= 0.6 is 15.9 Å². The molecule has 1 aliphatic heterocycles. The molecular formula is C16H17BrFNO2. The van der Waals surface area contributed by atoms with Crippen molar-refractivity contribution in [1.29, 1.82) is 0 Å². The Bertz CT molecular complexity index is 607. The van der Waals surface area contributed by atoms with Gasteiger partial charge in [0.05, 0.1) is 22.0 Å². The van der Waals surface area contributed by atoms with Crippen molar-refractivity contribution in [1.82, 2.24) is 0 Å². The van der Waals surface area contributed by atoms with E-state index in [0.29, 0.717) is 17.2 Å². The Balaban J connectivity index is 1.97. The van der Waals surface area contributed by atoms with Crippen LogP contribution < -0.4 is 4.90 Å². The average molecular weight is 354 g/mol. The molecule has 2 fully saturated rings. The number of anilines is 1. The van der Waals surface area contributed by atoms with Crippen molar-refractivity contribution in [2.45, 2.75) is 33.1 Å². The molecule has 1 aromatic carbocycles. The van der Waals surface area contributed by atoms with Gasteiger partial charge in [0.1, 0.15) is 5.82 Å². The minimum Gasteiger partial charge on any atom is -0.274 e. The number of carbonyl (C=O) groups is 2. The van der Waals surface area contributed by atoms with Crippen LogP contribution in [-0.2, 0) is 9.59 Å². The van der Waals surface area contributed by atoms with Gasteiger partial charge < -0.3 is 0 Å². The molecule has 1 saturated carbocycles. The van der Waals surface area contributed by atoms with Crippen molar-refractivity contribution in [2.75, 3.05) is 4.90 Å². The highest BCUT2D eigenvalue weighted by Crippen LogP contribution is 2.46. The third kappa shape index (κ3) is 2.22. The van der Waals surface area contributed by atoms with Crippen LogP contribution in [0, 0.1) is 30.5 Å². The number of halogens is 2. The summed E-state index contributed by atoms with van der Waals surface area (Å²) in [5.74, 6) is -0.542. The normalized spacial score (nSPS) is 28.4. The van der Waals surface area contributed by atoms with E-state index in [4.69, 9.17) is 0 Å². The van der Waals surface area contributed by atoms with Crippen LogP contribution in [0.4, 0.5) is 10.1 Å². The molecule has 1 aromatic rings. The summed E-state index contributed by atoms with van der Waals surface area (Å²) in [5.41, 5.74) is 1.10. The van der Waals surface area contributed by atoms with Crippen LogP contribution in [0.25, 0.3) is 0 Å². The Morgan fingerprint density at radius 1 is 1.24 bits per heavy atom. The number of hydrogen-bond donors (Lipinski definition) is 0. The van der Waals surface area contributed by atoms with Gasteiger partial charge in [-0.1, -0.05) is 13.3 Å². The van der Waals surface area contributed by atoms with Gasteiger partial charge in [0.2, 0.25) is 11.8 Å². The van der Waals surface area contributed by atoms with Gasteiger partial charge in [-0.3, -0.25) is 9.59 Å². The van der Waals surface area contributed by atoms with Crippen molar-refractivity contribution < 1.29 is 14.0 Å². The summed E-state index contributed by atoms with van der Waals surface area (Å²) in [6.45, 7) is 3.81. The summed E-state index contributed by atoms with van der Waals surface area (Å²) in [6.07, 6.45) is 2.60. The molecule has 5 heteroatoms. The van der Waals surface area contributed by atoms with Crippen molar-refractivity contribution in [2.24, 2.45) is 17.8 Å². The maximum atomic E-state index is 13.5. The quantitative estimate of drug-likeness (QED) is 0.758. The Labute approximate surface area is 131 Å². The highest BCUT2D eigenvalue weighted by Gasteiger charge is 2.52. The lowest BCUT2D eigenvalue weighted by atomic mass is 10.00. The zero-order valence-corrected chi connectivity index (χ0v) is 13.6. The molecule has 0 spiro atoms. The number of hydrogen-bond acceptors (Lipinski definition) is 2. The topological polar surface area (TPSA) is 37.4 Å². The van der Waals surface area contributed by atoms with Crippen molar-refractivity contribution in [3.05, 3.63) is 28.0 Å². The molecular weight excluding hydrogens is 337 g/mol. The molecule has 2 atom stereocenters. The van der Waals surface area contributed by atoms with Crippen molar-refractivity contribution >= 4 is 33.4 Å². The van der Waals surface area contributed by atoms with Crippen LogP contribution in [0.2, 0.25) is 0 Å². The summed E-state index contributed by atoms with van der Waals surface area (Å²) in [5, 5.41) is 0. The van der Waals surface area contributed by atoms with Gasteiger partial charge in [0.15, 0.2) is 0 Å². The molecule has 1 aliphatic carbocycles. The average Bonchev–Trinajstić information content (AvgIpc) is 2.96. The predicted molar refractivity (Wildman–Crippen MR) is 81.3 cm³/mol. The molecule has 112 valence electrons. The molecule has 2 aliphatic rings. The summed E-state index contributed by atoms with van der Waals surface area (Å²) >= 11 is 3.12. The summed E-state index contributed by atoms with van der Waals surface area (Å²) in [6, 6.07) is 2.88. The lowest BCUT2D eigenvalue weighted by Crippen LogP contribution is -2.32. The molecule has 2 unspecified atom stereocenters. The van der Waals surface area contributed by atoms with E-state index in [0.717, 1.165) is 19.3 Å². The first-order valence-electron chi connectivity index (χ1n) is 7.27. The van der Waals surface area contributed by atoms with E-state index in [9.17, 15) is 14.0 Å². The molecule has 0 N–H and O–H groups in total. The second-order valence-corrected chi connectivity index (χ2v) is 6.88. The largest absolute Gasteiger partial charge is 0.274 e. The first kappa shape index (κ1) is 14.7. The first-order valence-corrected chi connectivity index (χ1v) is 8.06. The lowest BCUT2D eigenvalue weighted by molar-refractivity contribution is -0.123. The number of amides is 2. The van der Waals surface area contributed by atoms with E-state index in [2.05, 4.69) is 22.9 Å². The fourth-order valence-corrected chi connectivity index (χ4v) is 3.91. The number of imide groups is 1. The van der Waals surface area contributed by atoms with Gasteiger partial charge in [0, 0.05) is 0 Å². The van der Waals surface area contributed by atoms with E-state index in [-0.39, 0.29) is 33.9 Å². The van der Waals surface area contributed by atoms with Gasteiger partial charge in [-0.25, -0.2) is 9.29 Å². The van der Waals surface area contributed by atoms with Crippen LogP contribution in [-0.4, -0.2) is 11.8 Å². The zero-order valence-electron chi connectivity index (χ0n) is 12.0. The lowest BCUT2D eigenvalue weighted by Gasteiger charge is -2.20. The van der Waals surface area contributed by atoms with Gasteiger partial charge in [-0.15, -0.1) is 0 Å². The second-order valence-electron chi connectivity index (χ2n) is 6.02. The maximum Gasteiger partial charge on any atom is 0.237 e. The molecule has 0 radical (unpaired) electrons. The predicted octanol–water partition coefficient (Wildman–Crippen LogP) is 3.82. The summed E-state index contributed by atoms with van der Waals surface area (Å²) < 4.78 is 13.8. The van der Waals surface area contributed by atoms with E-state index < -0.39 is 0 Å². The molecule has 21 heavy (non-hydrogen) atoms. The third-order valence-corrected chi connectivity index (χ3v) is 5.40. The zero-order chi connectivity index (χ0) is 15.3. The number of rotatable bonds is 2. The summed E-state index contributed by atoms with van der Waals surface area (Å²) in [4.78, 5) is 26.5. The van der Waals surface area contributed by atoms with E-state index in [1.807, 2.05) is 0 Å². The Morgan fingerprint density at radius 2 is 1.81 bits per heavy atom. The Hall–Kier alpha value is -1.23. The summed E-state index contributed by atoms with van der Waals surface area (Å²) in [7, 11) is 0. The molecule has 0 aromatic heterocycles. The Morgan fingerprint density at radius 3 is 2.33 bits per heavy atom. The van der Waals surface area contributed by atoms with Gasteiger partial charge >= 0.3 is 0 Å². The fraction of sp³-hybridized carbons (Fsp3) is 0.500. The highest BCUT2D eigenvalue weighted by molar-refractivity contribution is 9.10. The van der Waals surface area contributed by atoms with E-state index in [1.165, 1.54) is 17.0 Å². The van der Waals surface area contributed by atoms with Crippen molar-refractivity contribution in [3.63, 3.8) is 0 Å². The maximum absolute atomic E-state index is 13.5. The number of aryl methyl sites for hydroxylation is 1. The molecule has 3 nitrogen and oxygen atoms in total. The third-order valence-electron chi connectivity index (χ3n) is 4.79. The van der Waals surface area contributed by atoms with Crippen LogP contribution in [0.1, 0.15) is 31.7 Å². The van der Waals surface area contributed by atoms with Gasteiger partial charge in [-0.2, -0.15) is 0 Å². The molecule has 1 saturated heterocycles. The molecule has 2 amide bonds. The van der Waals surface area contributed by atoms with E-state index >= 15 is 0 Å². The number of fused-ring (bicyclic) bond motifs is 1. The minimum atomic E-state index is -0.387. The van der Waals surface area contributed by atoms with Crippen LogP contribution in [0.15, 0.2) is 16.6 Å². The second kappa shape index (κ2) is 5.20. The highest BCUT2D eigenvalue weighted by atomic mass is 79.9. The van der Waals surface area contributed by atoms with Crippen LogP contribution in [0.5, 0.6) is 0 Å². The SMILES string of the molecule is CCC1CC2C(=O)N(c3cc(Br)c(F)cc3C)C(=O)C2C1. The van der Waals surface area contributed by atoms with Crippen LogP contribution in [0.3, 0.4) is 0 Å². The van der Waals surface area contributed by atoms with Gasteiger partial charge in [-0.05, 0) is 59.3 Å². The number of benzene rings is 1. The molecule has 0 bridgehead atoms. The molecule has 1 heterocycles. The molecule has 3 rings (SSSR count). The van der Waals surface area contributed by atoms with Gasteiger partial charge in [0.25, 0.3) is 0 Å². The smallest absolute Gasteiger partial charge is 0.237 e. The first-order chi connectivity index (χ1) is 9.93. The van der Waals surface area contributed by atoms with E-state index in [1.54, 1.807) is 6.92 Å². The fourth-order valence-electron chi connectivity index (χ4n) is 3.58. The standard InChI is InChI=1S/C16H17BrFNO2/c1-3-9-5-10-11(6-9)16(21)19(15(10)20)14-7-12(17)13(18)4-8(14)2/h4,7,9-11H,3,5-6H2,1-2H3. The minimum absolute atomic E-state index is 0.123. The number of carbonyl (C=O) groups excluding carboxylic acids is 2. The number of nitrogens with zero attached hydrogens (tertiary/aromatic N) is 1. The van der Waals surface area contributed by atoms with Crippen molar-refractivity contribution in [3.8, 4) is 0 Å².